The van der Waals surface area contributed by atoms with Crippen molar-refractivity contribution >= 4 is 5.69 Å². The van der Waals surface area contributed by atoms with Gasteiger partial charge in [0.05, 0.1) is 0 Å². The van der Waals surface area contributed by atoms with Crippen LogP contribution < -0.4 is 11.1 Å². The highest BCUT2D eigenvalue weighted by Crippen LogP contribution is 2.30. The molecule has 0 aliphatic heterocycles. The Morgan fingerprint density at radius 1 is 1.18 bits per heavy atom. The van der Waals surface area contributed by atoms with E-state index in [0.29, 0.717) is 0 Å². The fourth-order valence-corrected chi connectivity index (χ4v) is 3.37. The molecular formula is C15H22N2. The quantitative estimate of drug-likeness (QED) is 0.783. The highest BCUT2D eigenvalue weighted by Gasteiger charge is 2.24. The van der Waals surface area contributed by atoms with Gasteiger partial charge in [0.25, 0.3) is 0 Å². The number of hydrogen-bond donors (Lipinski definition) is 2. The topological polar surface area (TPSA) is 38.0 Å². The molecule has 0 aromatic heterocycles. The number of nitrogens with one attached hydrogen (secondary N) is 1. The molecule has 1 fully saturated rings. The van der Waals surface area contributed by atoms with Gasteiger partial charge >= 0.3 is 0 Å². The lowest BCUT2D eigenvalue weighted by atomic mass is 10.1. The number of anilines is 1. The van der Waals surface area contributed by atoms with Crippen LogP contribution >= 0.6 is 0 Å². The summed E-state index contributed by atoms with van der Waals surface area (Å²) in [6, 6.07) is 7.14. The fourth-order valence-electron chi connectivity index (χ4n) is 3.37. The van der Waals surface area contributed by atoms with Crippen molar-refractivity contribution in [2.45, 2.75) is 44.6 Å². The van der Waals surface area contributed by atoms with Crippen LogP contribution in [-0.2, 0) is 12.8 Å². The molecule has 0 spiro atoms. The van der Waals surface area contributed by atoms with Crippen LogP contribution in [0.5, 0.6) is 0 Å². The summed E-state index contributed by atoms with van der Waals surface area (Å²) in [7, 11) is 0. The Balaban J connectivity index is 1.56. The van der Waals surface area contributed by atoms with E-state index in [-0.39, 0.29) is 0 Å². The SMILES string of the molecule is Nc1cccc2c1CC(CNC1CCCC1)C2. The maximum atomic E-state index is 6.03. The Kier molecular flexibility index (Phi) is 3.06. The van der Waals surface area contributed by atoms with E-state index < -0.39 is 0 Å². The van der Waals surface area contributed by atoms with Gasteiger partial charge in [-0.05, 0) is 55.3 Å². The predicted molar refractivity (Wildman–Crippen MR) is 72.0 cm³/mol. The van der Waals surface area contributed by atoms with Crippen LogP contribution in [0.1, 0.15) is 36.8 Å². The zero-order valence-corrected chi connectivity index (χ0v) is 10.4. The lowest BCUT2D eigenvalue weighted by Crippen LogP contribution is -2.31. The first-order valence-electron chi connectivity index (χ1n) is 6.92. The Bertz CT molecular complexity index is 394. The second-order valence-corrected chi connectivity index (χ2v) is 5.65. The van der Waals surface area contributed by atoms with Crippen molar-refractivity contribution in [3.8, 4) is 0 Å². The molecule has 1 aromatic carbocycles. The number of benzene rings is 1. The molecule has 2 aliphatic carbocycles. The first-order chi connectivity index (χ1) is 8.33. The van der Waals surface area contributed by atoms with Gasteiger partial charge in [-0.3, -0.25) is 0 Å². The molecule has 3 rings (SSSR count). The molecule has 1 aromatic rings. The summed E-state index contributed by atoms with van der Waals surface area (Å²) in [6.45, 7) is 1.17. The van der Waals surface area contributed by atoms with Crippen molar-refractivity contribution in [2.75, 3.05) is 12.3 Å². The maximum absolute atomic E-state index is 6.03. The van der Waals surface area contributed by atoms with Crippen molar-refractivity contribution in [3.05, 3.63) is 29.3 Å². The Morgan fingerprint density at radius 2 is 2.00 bits per heavy atom. The average molecular weight is 230 g/mol. The molecule has 3 N–H and O–H groups in total. The summed E-state index contributed by atoms with van der Waals surface area (Å²) in [4.78, 5) is 0. The molecule has 0 amide bonds. The Hall–Kier alpha value is -1.02. The zero-order valence-electron chi connectivity index (χ0n) is 10.4. The fraction of sp³-hybridized carbons (Fsp3) is 0.600. The molecule has 1 atom stereocenters. The minimum atomic E-state index is 0.760. The molecule has 1 unspecified atom stereocenters. The van der Waals surface area contributed by atoms with Crippen LogP contribution in [0.15, 0.2) is 18.2 Å². The summed E-state index contributed by atoms with van der Waals surface area (Å²) < 4.78 is 0. The van der Waals surface area contributed by atoms with Crippen LogP contribution in [0.2, 0.25) is 0 Å². The van der Waals surface area contributed by atoms with Gasteiger partial charge in [-0.25, -0.2) is 0 Å². The standard InChI is InChI=1S/C15H22N2/c16-15-7-3-4-12-8-11(9-14(12)15)10-17-13-5-1-2-6-13/h3-4,7,11,13,17H,1-2,5-6,8-10,16H2. The number of rotatable bonds is 3. The third kappa shape index (κ3) is 2.32. The molecule has 0 radical (unpaired) electrons. The van der Waals surface area contributed by atoms with E-state index in [1.807, 2.05) is 6.07 Å². The van der Waals surface area contributed by atoms with Crippen LogP contribution in [0, 0.1) is 5.92 Å². The summed E-state index contributed by atoms with van der Waals surface area (Å²) >= 11 is 0. The normalized spacial score (nSPS) is 24.1. The second-order valence-electron chi connectivity index (χ2n) is 5.65. The van der Waals surface area contributed by atoms with Gasteiger partial charge in [0.15, 0.2) is 0 Å². The molecular weight excluding hydrogens is 208 g/mol. The molecule has 0 heterocycles. The van der Waals surface area contributed by atoms with Crippen molar-refractivity contribution in [1.82, 2.24) is 5.32 Å². The monoisotopic (exact) mass is 230 g/mol. The molecule has 1 saturated carbocycles. The largest absolute Gasteiger partial charge is 0.398 e. The first-order valence-corrected chi connectivity index (χ1v) is 6.92. The first kappa shape index (κ1) is 11.1. The van der Waals surface area contributed by atoms with Gasteiger partial charge in [0, 0.05) is 11.7 Å². The molecule has 17 heavy (non-hydrogen) atoms. The second kappa shape index (κ2) is 4.69. The van der Waals surface area contributed by atoms with E-state index in [1.54, 1.807) is 0 Å². The minimum absolute atomic E-state index is 0.760. The van der Waals surface area contributed by atoms with Crippen molar-refractivity contribution < 1.29 is 0 Å². The molecule has 0 saturated heterocycles. The van der Waals surface area contributed by atoms with Crippen LogP contribution in [0.25, 0.3) is 0 Å². The summed E-state index contributed by atoms with van der Waals surface area (Å²) in [5.74, 6) is 0.760. The predicted octanol–water partition coefficient (Wildman–Crippen LogP) is 2.52. The summed E-state index contributed by atoms with van der Waals surface area (Å²) in [5.41, 5.74) is 9.91. The summed E-state index contributed by atoms with van der Waals surface area (Å²) in [5, 5.41) is 3.74. The number of nitrogen functional groups attached to an aromatic ring is 1. The van der Waals surface area contributed by atoms with Gasteiger partial charge < -0.3 is 11.1 Å². The third-order valence-electron chi connectivity index (χ3n) is 4.36. The van der Waals surface area contributed by atoms with E-state index in [2.05, 4.69) is 17.4 Å². The lowest BCUT2D eigenvalue weighted by Gasteiger charge is -2.15. The van der Waals surface area contributed by atoms with E-state index in [9.17, 15) is 0 Å². The summed E-state index contributed by atoms with van der Waals surface area (Å²) in [6.07, 6.45) is 7.95. The number of fused-ring (bicyclic) bond motifs is 1. The van der Waals surface area contributed by atoms with E-state index >= 15 is 0 Å². The van der Waals surface area contributed by atoms with Crippen molar-refractivity contribution in [3.63, 3.8) is 0 Å². The molecule has 2 heteroatoms. The third-order valence-corrected chi connectivity index (χ3v) is 4.36. The van der Waals surface area contributed by atoms with Crippen LogP contribution in [-0.4, -0.2) is 12.6 Å². The molecule has 0 bridgehead atoms. The molecule has 2 nitrogen and oxygen atoms in total. The smallest absolute Gasteiger partial charge is 0.0349 e. The molecule has 92 valence electrons. The number of hydrogen-bond acceptors (Lipinski definition) is 2. The van der Waals surface area contributed by atoms with Gasteiger partial charge in [-0.1, -0.05) is 25.0 Å². The van der Waals surface area contributed by atoms with Gasteiger partial charge in [-0.2, -0.15) is 0 Å². The lowest BCUT2D eigenvalue weighted by molar-refractivity contribution is 0.439. The Labute approximate surface area is 104 Å². The van der Waals surface area contributed by atoms with Gasteiger partial charge in [-0.15, -0.1) is 0 Å². The minimum Gasteiger partial charge on any atom is -0.398 e. The Morgan fingerprint density at radius 3 is 2.76 bits per heavy atom. The van der Waals surface area contributed by atoms with Crippen LogP contribution in [0.4, 0.5) is 5.69 Å². The van der Waals surface area contributed by atoms with Gasteiger partial charge in [0.2, 0.25) is 0 Å². The van der Waals surface area contributed by atoms with E-state index in [0.717, 1.165) is 17.6 Å². The van der Waals surface area contributed by atoms with E-state index in [4.69, 9.17) is 5.73 Å². The van der Waals surface area contributed by atoms with Gasteiger partial charge in [0.1, 0.15) is 0 Å². The van der Waals surface area contributed by atoms with Crippen molar-refractivity contribution in [1.29, 1.82) is 0 Å². The maximum Gasteiger partial charge on any atom is 0.0349 e. The zero-order chi connectivity index (χ0) is 11.7. The molecule has 2 aliphatic rings. The highest BCUT2D eigenvalue weighted by atomic mass is 14.9. The van der Waals surface area contributed by atoms with E-state index in [1.165, 1.54) is 56.2 Å². The van der Waals surface area contributed by atoms with Crippen LogP contribution in [0.3, 0.4) is 0 Å². The van der Waals surface area contributed by atoms with Crippen molar-refractivity contribution in [2.24, 2.45) is 5.92 Å². The average Bonchev–Trinajstić information content (AvgIpc) is 2.95. The number of nitrogens with two attached hydrogens (primary N) is 1. The highest BCUT2D eigenvalue weighted by molar-refractivity contribution is 5.53.